The van der Waals surface area contributed by atoms with Crippen molar-refractivity contribution in [2.45, 2.75) is 6.42 Å². The van der Waals surface area contributed by atoms with Crippen LogP contribution in [0, 0.1) is 5.82 Å². The molecule has 0 aliphatic heterocycles. The quantitative estimate of drug-likeness (QED) is 0.609. The molecule has 7 heteroatoms. The number of pyridine rings is 1. The molecule has 0 fully saturated rings. The standard InChI is InChI=1S/C21H19ClFN3O2/c1-28-19-8-7-17(12-18(19)22)26-20-9-4-15(13-25-20)21(27)24-11-10-14-2-5-16(23)6-3-14/h2-9,12-13H,10-11H2,1H3,(H,24,27)(H,25,26). The molecule has 0 aliphatic carbocycles. The molecule has 0 saturated heterocycles. The Labute approximate surface area is 167 Å². The monoisotopic (exact) mass is 399 g/mol. The number of anilines is 2. The van der Waals surface area contributed by atoms with Crippen LogP contribution in [0.1, 0.15) is 15.9 Å². The van der Waals surface area contributed by atoms with Crippen molar-refractivity contribution in [2.24, 2.45) is 0 Å². The minimum absolute atomic E-state index is 0.214. The van der Waals surface area contributed by atoms with Crippen LogP contribution < -0.4 is 15.4 Å². The van der Waals surface area contributed by atoms with Crippen LogP contribution in [-0.4, -0.2) is 24.5 Å². The molecule has 0 aliphatic rings. The number of aromatic nitrogens is 1. The van der Waals surface area contributed by atoms with Crippen molar-refractivity contribution in [2.75, 3.05) is 19.0 Å². The second kappa shape index (κ2) is 9.19. The van der Waals surface area contributed by atoms with Gasteiger partial charge >= 0.3 is 0 Å². The lowest BCUT2D eigenvalue weighted by Gasteiger charge is -2.09. The van der Waals surface area contributed by atoms with Crippen molar-refractivity contribution in [1.82, 2.24) is 10.3 Å². The Morgan fingerprint density at radius 3 is 2.57 bits per heavy atom. The molecule has 5 nitrogen and oxygen atoms in total. The number of rotatable bonds is 7. The van der Waals surface area contributed by atoms with Gasteiger partial charge in [-0.15, -0.1) is 0 Å². The average Bonchev–Trinajstić information content (AvgIpc) is 2.70. The molecule has 3 aromatic rings. The second-order valence-electron chi connectivity index (χ2n) is 6.04. The summed E-state index contributed by atoms with van der Waals surface area (Å²) < 4.78 is 18.0. The average molecular weight is 400 g/mol. The summed E-state index contributed by atoms with van der Waals surface area (Å²) >= 11 is 6.11. The summed E-state index contributed by atoms with van der Waals surface area (Å²) in [5.41, 5.74) is 2.17. The lowest BCUT2D eigenvalue weighted by atomic mass is 10.1. The van der Waals surface area contributed by atoms with E-state index in [9.17, 15) is 9.18 Å². The Hall–Kier alpha value is -3.12. The van der Waals surface area contributed by atoms with E-state index in [-0.39, 0.29) is 11.7 Å². The van der Waals surface area contributed by atoms with Gasteiger partial charge in [-0.3, -0.25) is 4.79 Å². The maximum Gasteiger partial charge on any atom is 0.252 e. The van der Waals surface area contributed by atoms with Crippen LogP contribution in [0.25, 0.3) is 0 Å². The SMILES string of the molecule is COc1ccc(Nc2ccc(C(=O)NCCc3ccc(F)cc3)cn2)cc1Cl. The van der Waals surface area contributed by atoms with Gasteiger partial charge in [0, 0.05) is 18.4 Å². The number of carbonyl (C=O) groups is 1. The first-order valence-corrected chi connectivity index (χ1v) is 9.02. The molecule has 144 valence electrons. The minimum Gasteiger partial charge on any atom is -0.495 e. The van der Waals surface area contributed by atoms with Crippen molar-refractivity contribution < 1.29 is 13.9 Å². The van der Waals surface area contributed by atoms with Gasteiger partial charge in [-0.05, 0) is 54.4 Å². The third-order valence-corrected chi connectivity index (χ3v) is 4.36. The summed E-state index contributed by atoms with van der Waals surface area (Å²) in [5.74, 6) is 0.690. The van der Waals surface area contributed by atoms with Gasteiger partial charge in [0.05, 0.1) is 17.7 Å². The maximum atomic E-state index is 12.9. The number of hydrogen-bond donors (Lipinski definition) is 2. The number of amides is 1. The molecular weight excluding hydrogens is 381 g/mol. The van der Waals surface area contributed by atoms with E-state index in [2.05, 4.69) is 15.6 Å². The lowest BCUT2D eigenvalue weighted by molar-refractivity contribution is 0.0954. The van der Waals surface area contributed by atoms with E-state index < -0.39 is 0 Å². The number of carbonyl (C=O) groups excluding carboxylic acids is 1. The van der Waals surface area contributed by atoms with Gasteiger partial charge in [0.1, 0.15) is 17.4 Å². The number of halogens is 2. The molecule has 1 amide bonds. The van der Waals surface area contributed by atoms with E-state index in [0.717, 1.165) is 11.3 Å². The highest BCUT2D eigenvalue weighted by Gasteiger charge is 2.07. The zero-order chi connectivity index (χ0) is 19.9. The summed E-state index contributed by atoms with van der Waals surface area (Å²) in [4.78, 5) is 16.5. The molecule has 0 saturated carbocycles. The van der Waals surface area contributed by atoms with Crippen molar-refractivity contribution >= 4 is 29.0 Å². The zero-order valence-electron chi connectivity index (χ0n) is 15.2. The van der Waals surface area contributed by atoms with Crippen LogP contribution in [-0.2, 0) is 6.42 Å². The van der Waals surface area contributed by atoms with Crippen LogP contribution in [0.3, 0.4) is 0 Å². The van der Waals surface area contributed by atoms with Crippen molar-refractivity contribution in [3.63, 3.8) is 0 Å². The van der Waals surface area contributed by atoms with Gasteiger partial charge in [0.15, 0.2) is 0 Å². The van der Waals surface area contributed by atoms with Crippen LogP contribution in [0.4, 0.5) is 15.9 Å². The molecule has 28 heavy (non-hydrogen) atoms. The van der Waals surface area contributed by atoms with Crippen molar-refractivity contribution in [1.29, 1.82) is 0 Å². The summed E-state index contributed by atoms with van der Waals surface area (Å²) in [6.45, 7) is 0.453. The molecule has 0 unspecified atom stereocenters. The van der Waals surface area contributed by atoms with Gasteiger partial charge in [-0.2, -0.15) is 0 Å². The number of ether oxygens (including phenoxy) is 1. The molecule has 2 aromatic carbocycles. The van der Waals surface area contributed by atoms with E-state index in [1.165, 1.54) is 18.3 Å². The largest absolute Gasteiger partial charge is 0.495 e. The van der Waals surface area contributed by atoms with Crippen LogP contribution in [0.5, 0.6) is 5.75 Å². The molecule has 2 N–H and O–H groups in total. The third-order valence-electron chi connectivity index (χ3n) is 4.06. The molecule has 0 bridgehead atoms. The molecule has 3 rings (SSSR count). The number of hydrogen-bond acceptors (Lipinski definition) is 4. The van der Waals surface area contributed by atoms with Crippen molar-refractivity contribution in [3.05, 3.63) is 82.8 Å². The Morgan fingerprint density at radius 2 is 1.93 bits per heavy atom. The molecule has 1 heterocycles. The molecular formula is C21H19ClFN3O2. The molecule has 0 atom stereocenters. The van der Waals surface area contributed by atoms with Crippen molar-refractivity contribution in [3.8, 4) is 5.75 Å². The number of nitrogens with one attached hydrogen (secondary N) is 2. The van der Waals surface area contributed by atoms with Crippen LogP contribution in [0.15, 0.2) is 60.8 Å². The zero-order valence-corrected chi connectivity index (χ0v) is 16.0. The maximum absolute atomic E-state index is 12.9. The van der Waals surface area contributed by atoms with E-state index >= 15 is 0 Å². The smallest absolute Gasteiger partial charge is 0.252 e. The van der Waals surface area contributed by atoms with Crippen LogP contribution >= 0.6 is 11.6 Å². The molecule has 0 spiro atoms. The highest BCUT2D eigenvalue weighted by Crippen LogP contribution is 2.28. The Balaban J connectivity index is 1.53. The predicted octanol–water partition coefficient (Wildman–Crippen LogP) is 4.60. The fourth-order valence-electron chi connectivity index (χ4n) is 2.57. The Morgan fingerprint density at radius 1 is 1.14 bits per heavy atom. The molecule has 0 radical (unpaired) electrons. The van der Waals surface area contributed by atoms with Gasteiger partial charge in [0.25, 0.3) is 5.91 Å². The summed E-state index contributed by atoms with van der Waals surface area (Å²) in [6.07, 6.45) is 2.12. The van der Waals surface area contributed by atoms with E-state index in [4.69, 9.17) is 16.3 Å². The van der Waals surface area contributed by atoms with Gasteiger partial charge in [0.2, 0.25) is 0 Å². The first kappa shape index (κ1) is 19.6. The Kier molecular flexibility index (Phi) is 6.45. The fraction of sp³-hybridized carbons (Fsp3) is 0.143. The summed E-state index contributed by atoms with van der Waals surface area (Å²) in [7, 11) is 1.55. The second-order valence-corrected chi connectivity index (χ2v) is 6.45. The molecule has 1 aromatic heterocycles. The summed E-state index contributed by atoms with van der Waals surface area (Å²) in [6, 6.07) is 14.9. The fourth-order valence-corrected chi connectivity index (χ4v) is 2.83. The van der Waals surface area contributed by atoms with E-state index in [1.807, 2.05) is 6.07 Å². The first-order valence-electron chi connectivity index (χ1n) is 8.64. The van der Waals surface area contributed by atoms with Crippen LogP contribution in [0.2, 0.25) is 5.02 Å². The highest BCUT2D eigenvalue weighted by molar-refractivity contribution is 6.32. The first-order chi connectivity index (χ1) is 13.5. The predicted molar refractivity (Wildman–Crippen MR) is 108 cm³/mol. The third kappa shape index (κ3) is 5.20. The lowest BCUT2D eigenvalue weighted by Crippen LogP contribution is -2.25. The normalized spacial score (nSPS) is 10.4. The van der Waals surface area contributed by atoms with Gasteiger partial charge in [-0.25, -0.2) is 9.37 Å². The number of methoxy groups -OCH3 is 1. The summed E-state index contributed by atoms with van der Waals surface area (Å²) in [5, 5.41) is 6.44. The topological polar surface area (TPSA) is 63.2 Å². The van der Waals surface area contributed by atoms with E-state index in [0.29, 0.717) is 35.1 Å². The number of nitrogens with zero attached hydrogens (tertiary/aromatic N) is 1. The van der Waals surface area contributed by atoms with E-state index in [1.54, 1.807) is 43.5 Å². The highest BCUT2D eigenvalue weighted by atomic mass is 35.5. The van der Waals surface area contributed by atoms with Gasteiger partial charge in [-0.1, -0.05) is 23.7 Å². The Bertz CT molecular complexity index is 947. The van der Waals surface area contributed by atoms with Gasteiger partial charge < -0.3 is 15.4 Å². The minimum atomic E-state index is -0.274. The number of benzene rings is 2.